The highest BCUT2D eigenvalue weighted by Gasteiger charge is 2.26. The zero-order valence-electron chi connectivity index (χ0n) is 21.9. The number of carbonyl (C=O) groups is 2. The lowest BCUT2D eigenvalue weighted by Crippen LogP contribution is -2.48. The van der Waals surface area contributed by atoms with Crippen molar-refractivity contribution in [1.29, 1.82) is 0 Å². The Kier molecular flexibility index (Phi) is 7.54. The van der Waals surface area contributed by atoms with Crippen LogP contribution in [-0.4, -0.2) is 76.2 Å². The Morgan fingerprint density at radius 3 is 2.63 bits per heavy atom. The van der Waals surface area contributed by atoms with E-state index in [1.807, 2.05) is 37.1 Å². The first kappa shape index (κ1) is 25.7. The summed E-state index contributed by atoms with van der Waals surface area (Å²) in [6.07, 6.45) is 9.35. The minimum absolute atomic E-state index is 0.0247. The number of hydrogen-bond donors (Lipinski definition) is 3. The number of piperidine rings is 1. The average Bonchev–Trinajstić information content (AvgIpc) is 3.67. The molecule has 1 aromatic carbocycles. The van der Waals surface area contributed by atoms with Crippen molar-refractivity contribution in [2.75, 3.05) is 43.9 Å². The maximum atomic E-state index is 12.9. The number of benzene rings is 1. The number of carbonyl (C=O) groups excluding carboxylic acids is 2. The van der Waals surface area contributed by atoms with Gasteiger partial charge in [-0.2, -0.15) is 5.10 Å². The molecule has 3 aromatic rings. The Morgan fingerprint density at radius 1 is 1.13 bits per heavy atom. The second kappa shape index (κ2) is 11.2. The minimum Gasteiger partial charge on any atom is -0.364 e. The molecule has 11 heteroatoms. The number of anilines is 3. The van der Waals surface area contributed by atoms with Crippen molar-refractivity contribution in [2.24, 2.45) is 5.73 Å². The molecule has 0 radical (unpaired) electrons. The van der Waals surface area contributed by atoms with E-state index in [0.717, 1.165) is 32.5 Å². The van der Waals surface area contributed by atoms with E-state index in [9.17, 15) is 9.59 Å². The van der Waals surface area contributed by atoms with Crippen molar-refractivity contribution in [3.8, 4) is 0 Å². The summed E-state index contributed by atoms with van der Waals surface area (Å²) < 4.78 is 1.82. The fourth-order valence-corrected chi connectivity index (χ4v) is 4.68. The highest BCUT2D eigenvalue weighted by molar-refractivity contribution is 5.96. The standard InChI is InChI=1S/C27H35N9O2/c1-34(2)12-13-36-17-22(14-30-36)31-26-24(25(28)37)29-15-23(33-26)35-11-3-4-21(16-35)32-27(38)20-9-7-19(8-10-20)18-5-6-18/h7-10,14-15,17-18,21H,3-6,11-13,16H2,1-2H3,(H2,28,37)(H,31,33)(H,32,38)/t21-/m1/s1. The predicted octanol–water partition coefficient (Wildman–Crippen LogP) is 2.35. The summed E-state index contributed by atoms with van der Waals surface area (Å²) in [4.78, 5) is 38.1. The van der Waals surface area contributed by atoms with Crippen LogP contribution in [0.15, 0.2) is 42.9 Å². The molecule has 3 heterocycles. The van der Waals surface area contributed by atoms with Gasteiger partial charge in [-0.25, -0.2) is 9.97 Å². The Labute approximate surface area is 222 Å². The van der Waals surface area contributed by atoms with E-state index in [0.29, 0.717) is 29.5 Å². The Bertz CT molecular complexity index is 1280. The minimum atomic E-state index is -0.664. The van der Waals surface area contributed by atoms with E-state index in [1.165, 1.54) is 18.4 Å². The SMILES string of the molecule is CN(C)CCn1cc(Nc2nc(N3CCC[C@@H](NC(=O)c4ccc(C5CC5)cc4)C3)cnc2C(N)=O)cn1. The zero-order chi connectivity index (χ0) is 26.6. The second-order valence-corrected chi connectivity index (χ2v) is 10.4. The van der Waals surface area contributed by atoms with Crippen LogP contribution in [0.5, 0.6) is 0 Å². The number of nitrogens with two attached hydrogens (primary N) is 1. The second-order valence-electron chi connectivity index (χ2n) is 10.4. The molecule has 200 valence electrons. The van der Waals surface area contributed by atoms with Gasteiger partial charge in [-0.3, -0.25) is 14.3 Å². The molecular weight excluding hydrogens is 482 g/mol. The Hall–Kier alpha value is -3.99. The molecule has 1 saturated carbocycles. The molecule has 2 amide bonds. The highest BCUT2D eigenvalue weighted by Crippen LogP contribution is 2.39. The van der Waals surface area contributed by atoms with Crippen molar-refractivity contribution in [3.63, 3.8) is 0 Å². The van der Waals surface area contributed by atoms with E-state index >= 15 is 0 Å². The van der Waals surface area contributed by atoms with Crippen LogP contribution < -0.4 is 21.3 Å². The van der Waals surface area contributed by atoms with Gasteiger partial charge in [0.05, 0.1) is 24.6 Å². The quantitative estimate of drug-likeness (QED) is 0.373. The first-order valence-corrected chi connectivity index (χ1v) is 13.1. The summed E-state index contributed by atoms with van der Waals surface area (Å²) in [5, 5.41) is 10.7. The lowest BCUT2D eigenvalue weighted by atomic mass is 10.0. The van der Waals surface area contributed by atoms with Crippen molar-refractivity contribution >= 4 is 29.1 Å². The predicted molar refractivity (Wildman–Crippen MR) is 146 cm³/mol. The smallest absolute Gasteiger partial charge is 0.271 e. The summed E-state index contributed by atoms with van der Waals surface area (Å²) in [5.41, 5.74) is 8.32. The monoisotopic (exact) mass is 517 g/mol. The van der Waals surface area contributed by atoms with Crippen LogP contribution in [0.1, 0.15) is 58.0 Å². The van der Waals surface area contributed by atoms with E-state index in [1.54, 1.807) is 12.4 Å². The largest absolute Gasteiger partial charge is 0.364 e. The number of likely N-dealkylation sites (N-methyl/N-ethyl adjacent to an activating group) is 1. The van der Waals surface area contributed by atoms with Crippen LogP contribution in [0.2, 0.25) is 0 Å². The number of rotatable bonds is 10. The van der Waals surface area contributed by atoms with Gasteiger partial charge in [0.1, 0.15) is 5.82 Å². The number of amides is 2. The van der Waals surface area contributed by atoms with Crippen molar-refractivity contribution in [1.82, 2.24) is 30.0 Å². The molecule has 1 aliphatic heterocycles. The number of nitrogens with zero attached hydrogens (tertiary/aromatic N) is 6. The van der Waals surface area contributed by atoms with E-state index < -0.39 is 5.91 Å². The average molecular weight is 518 g/mol. The van der Waals surface area contributed by atoms with E-state index in [4.69, 9.17) is 10.7 Å². The lowest BCUT2D eigenvalue weighted by molar-refractivity contribution is 0.0932. The van der Waals surface area contributed by atoms with Gasteiger partial charge in [-0.05, 0) is 63.4 Å². The van der Waals surface area contributed by atoms with Crippen LogP contribution >= 0.6 is 0 Å². The lowest BCUT2D eigenvalue weighted by Gasteiger charge is -2.34. The molecule has 5 rings (SSSR count). The van der Waals surface area contributed by atoms with Crippen molar-refractivity contribution < 1.29 is 9.59 Å². The normalized spacial score (nSPS) is 17.4. The number of primary amides is 1. The van der Waals surface area contributed by atoms with E-state index in [-0.39, 0.29) is 23.5 Å². The Morgan fingerprint density at radius 2 is 1.92 bits per heavy atom. The van der Waals surface area contributed by atoms with Crippen LogP contribution in [0.4, 0.5) is 17.3 Å². The van der Waals surface area contributed by atoms with Crippen molar-refractivity contribution in [3.05, 3.63) is 59.7 Å². The fraction of sp³-hybridized carbons (Fsp3) is 0.444. The third-order valence-corrected chi connectivity index (χ3v) is 6.97. The third kappa shape index (κ3) is 6.28. The van der Waals surface area contributed by atoms with Gasteiger partial charge in [-0.15, -0.1) is 0 Å². The van der Waals surface area contributed by atoms with Gasteiger partial charge >= 0.3 is 0 Å². The molecule has 1 saturated heterocycles. The molecule has 4 N–H and O–H groups in total. The van der Waals surface area contributed by atoms with Crippen LogP contribution in [0, 0.1) is 0 Å². The van der Waals surface area contributed by atoms with Crippen LogP contribution in [0.25, 0.3) is 0 Å². The highest BCUT2D eigenvalue weighted by atomic mass is 16.2. The number of aromatic nitrogens is 4. The molecular formula is C27H35N9O2. The van der Waals surface area contributed by atoms with Crippen molar-refractivity contribution in [2.45, 2.75) is 44.2 Å². The molecule has 38 heavy (non-hydrogen) atoms. The molecule has 0 spiro atoms. The topological polar surface area (TPSA) is 134 Å². The summed E-state index contributed by atoms with van der Waals surface area (Å²) >= 11 is 0. The number of nitrogens with one attached hydrogen (secondary N) is 2. The third-order valence-electron chi connectivity index (χ3n) is 6.97. The summed E-state index contributed by atoms with van der Waals surface area (Å²) in [6.45, 7) is 2.95. The molecule has 2 aromatic heterocycles. The molecule has 11 nitrogen and oxygen atoms in total. The summed E-state index contributed by atoms with van der Waals surface area (Å²) in [5.74, 6) is 0.833. The van der Waals surface area contributed by atoms with Gasteiger partial charge in [0.2, 0.25) is 0 Å². The molecule has 0 bridgehead atoms. The molecule has 2 fully saturated rings. The van der Waals surface area contributed by atoms with E-state index in [2.05, 4.69) is 42.6 Å². The van der Waals surface area contributed by atoms with Crippen LogP contribution in [-0.2, 0) is 6.54 Å². The fourth-order valence-electron chi connectivity index (χ4n) is 4.68. The first-order valence-electron chi connectivity index (χ1n) is 13.1. The van der Waals surface area contributed by atoms with Crippen LogP contribution in [0.3, 0.4) is 0 Å². The molecule has 2 aliphatic rings. The van der Waals surface area contributed by atoms with Gasteiger partial charge in [-0.1, -0.05) is 12.1 Å². The summed E-state index contributed by atoms with van der Waals surface area (Å²) in [7, 11) is 4.01. The van der Waals surface area contributed by atoms with Gasteiger partial charge < -0.3 is 26.2 Å². The molecule has 0 unspecified atom stereocenters. The van der Waals surface area contributed by atoms with Gasteiger partial charge in [0, 0.05) is 37.4 Å². The maximum Gasteiger partial charge on any atom is 0.271 e. The first-order chi connectivity index (χ1) is 18.4. The Balaban J connectivity index is 1.25. The van der Waals surface area contributed by atoms with Gasteiger partial charge in [0.15, 0.2) is 11.5 Å². The maximum absolute atomic E-state index is 12.9. The zero-order valence-corrected chi connectivity index (χ0v) is 21.9. The molecule has 1 atom stereocenters. The molecule has 1 aliphatic carbocycles. The number of hydrogen-bond acceptors (Lipinski definition) is 8. The summed E-state index contributed by atoms with van der Waals surface area (Å²) in [6, 6.07) is 7.94. The van der Waals surface area contributed by atoms with Gasteiger partial charge in [0.25, 0.3) is 11.8 Å².